The third-order valence-corrected chi connectivity index (χ3v) is 5.76. The lowest BCUT2D eigenvalue weighted by atomic mass is 9.75. The number of hydrogen-bond acceptors (Lipinski definition) is 5. The fourth-order valence-corrected chi connectivity index (χ4v) is 4.10. The topological polar surface area (TPSA) is 108 Å². The Labute approximate surface area is 163 Å². The van der Waals surface area contributed by atoms with Crippen LogP contribution in [0, 0.1) is 5.92 Å². The maximum Gasteiger partial charge on any atom is 0.325 e. The predicted octanol–water partition coefficient (Wildman–Crippen LogP) is 0.880. The molecule has 1 unspecified atom stereocenters. The Morgan fingerprint density at radius 3 is 2.79 bits per heavy atom. The Kier molecular flexibility index (Phi) is 4.53. The normalized spacial score (nSPS) is 26.2. The van der Waals surface area contributed by atoms with Crippen LogP contribution in [0.15, 0.2) is 18.2 Å². The van der Waals surface area contributed by atoms with Crippen LogP contribution < -0.4 is 15.4 Å². The van der Waals surface area contributed by atoms with Gasteiger partial charge >= 0.3 is 6.03 Å². The number of carbonyl (C=O) groups is 3. The number of hydrogen-bond donors (Lipinski definition) is 3. The van der Waals surface area contributed by atoms with E-state index >= 15 is 0 Å². The number of fused-ring (bicyclic) bond motifs is 1. The highest BCUT2D eigenvalue weighted by Gasteiger charge is 2.45. The standard InChI is InChI=1S/C20H25N3O5/c1-20(2)18(26)23(19(27)22-20)10-16(25)21-17(13-8-14(24)9-13)12-3-4-15-11(7-12)5-6-28-15/h3-4,7,13-14,17,24H,5-6,8-10H2,1-2H3,(H,21,25)(H,22,27). The van der Waals surface area contributed by atoms with Crippen LogP contribution in [0.3, 0.4) is 0 Å². The first-order chi connectivity index (χ1) is 13.2. The monoisotopic (exact) mass is 387 g/mol. The van der Waals surface area contributed by atoms with Crippen molar-refractivity contribution in [1.29, 1.82) is 0 Å². The van der Waals surface area contributed by atoms with Crippen molar-refractivity contribution in [2.24, 2.45) is 5.92 Å². The molecule has 1 saturated carbocycles. The van der Waals surface area contributed by atoms with Gasteiger partial charge < -0.3 is 20.5 Å². The minimum Gasteiger partial charge on any atom is -0.493 e. The molecule has 8 nitrogen and oxygen atoms in total. The van der Waals surface area contributed by atoms with Gasteiger partial charge in [0.1, 0.15) is 17.8 Å². The Bertz CT molecular complexity index is 831. The molecule has 1 atom stereocenters. The van der Waals surface area contributed by atoms with Crippen molar-refractivity contribution < 1.29 is 24.2 Å². The lowest BCUT2D eigenvalue weighted by Gasteiger charge is -2.38. The van der Waals surface area contributed by atoms with Crippen LogP contribution in [0.1, 0.15) is 43.9 Å². The summed E-state index contributed by atoms with van der Waals surface area (Å²) in [4.78, 5) is 38.0. The van der Waals surface area contributed by atoms with Crippen molar-refractivity contribution in [3.63, 3.8) is 0 Å². The summed E-state index contributed by atoms with van der Waals surface area (Å²) in [6.45, 7) is 3.54. The van der Waals surface area contributed by atoms with Crippen molar-refractivity contribution >= 4 is 17.8 Å². The highest BCUT2D eigenvalue weighted by Crippen LogP contribution is 2.39. The van der Waals surface area contributed by atoms with E-state index in [1.807, 2.05) is 18.2 Å². The number of aliphatic hydroxyl groups excluding tert-OH is 1. The molecule has 1 aromatic carbocycles. The Balaban J connectivity index is 1.49. The van der Waals surface area contributed by atoms with Crippen LogP contribution in [-0.2, 0) is 16.0 Å². The number of amides is 4. The van der Waals surface area contributed by atoms with Crippen molar-refractivity contribution in [3.05, 3.63) is 29.3 Å². The van der Waals surface area contributed by atoms with E-state index in [-0.39, 0.29) is 24.6 Å². The fourth-order valence-electron chi connectivity index (χ4n) is 4.10. The van der Waals surface area contributed by atoms with Crippen molar-refractivity contribution in [1.82, 2.24) is 15.5 Å². The molecule has 0 radical (unpaired) electrons. The van der Waals surface area contributed by atoms with Gasteiger partial charge in [0.2, 0.25) is 5.91 Å². The Morgan fingerprint density at radius 2 is 2.14 bits per heavy atom. The molecule has 1 saturated heterocycles. The first kappa shape index (κ1) is 18.7. The third kappa shape index (κ3) is 3.32. The average molecular weight is 387 g/mol. The molecule has 2 heterocycles. The molecule has 2 fully saturated rings. The second kappa shape index (κ2) is 6.77. The van der Waals surface area contributed by atoms with Gasteiger partial charge in [0, 0.05) is 6.42 Å². The number of nitrogens with one attached hydrogen (secondary N) is 2. The minimum atomic E-state index is -1.01. The molecular formula is C20H25N3O5. The van der Waals surface area contributed by atoms with E-state index in [9.17, 15) is 19.5 Å². The van der Waals surface area contributed by atoms with E-state index in [2.05, 4.69) is 10.6 Å². The number of carbonyl (C=O) groups excluding carboxylic acids is 3. The average Bonchev–Trinajstić information content (AvgIpc) is 3.14. The van der Waals surface area contributed by atoms with Gasteiger partial charge in [-0.05, 0) is 55.9 Å². The molecule has 1 aliphatic carbocycles. The predicted molar refractivity (Wildman–Crippen MR) is 99.6 cm³/mol. The summed E-state index contributed by atoms with van der Waals surface area (Å²) < 4.78 is 5.55. The minimum absolute atomic E-state index is 0.110. The number of rotatable bonds is 5. The molecule has 3 N–H and O–H groups in total. The van der Waals surface area contributed by atoms with E-state index in [0.717, 1.165) is 28.2 Å². The molecule has 0 aromatic heterocycles. The zero-order chi connectivity index (χ0) is 20.1. The molecular weight excluding hydrogens is 362 g/mol. The highest BCUT2D eigenvalue weighted by molar-refractivity contribution is 6.08. The molecule has 0 spiro atoms. The second-order valence-corrected chi connectivity index (χ2v) is 8.34. The van der Waals surface area contributed by atoms with Gasteiger partial charge in [-0.15, -0.1) is 0 Å². The van der Waals surface area contributed by atoms with E-state index in [1.165, 1.54) is 0 Å². The maximum atomic E-state index is 12.7. The SMILES string of the molecule is CC1(C)NC(=O)N(CC(=O)NC(c2ccc3c(c2)CCO3)C2CC(O)C2)C1=O. The molecule has 2 aliphatic heterocycles. The summed E-state index contributed by atoms with van der Waals surface area (Å²) in [7, 11) is 0. The van der Waals surface area contributed by atoms with Crippen LogP contribution in [0.2, 0.25) is 0 Å². The van der Waals surface area contributed by atoms with Gasteiger partial charge in [-0.1, -0.05) is 6.07 Å². The van der Waals surface area contributed by atoms with Crippen LogP contribution in [0.4, 0.5) is 4.79 Å². The van der Waals surface area contributed by atoms with Crippen molar-refractivity contribution in [2.75, 3.05) is 13.2 Å². The quantitative estimate of drug-likeness (QED) is 0.650. The van der Waals surface area contributed by atoms with Crippen LogP contribution in [0.5, 0.6) is 5.75 Å². The lowest BCUT2D eigenvalue weighted by molar-refractivity contribution is -0.134. The number of benzene rings is 1. The first-order valence-electron chi connectivity index (χ1n) is 9.62. The van der Waals surface area contributed by atoms with Crippen molar-refractivity contribution in [3.8, 4) is 5.75 Å². The van der Waals surface area contributed by atoms with Gasteiger partial charge in [0.15, 0.2) is 0 Å². The zero-order valence-corrected chi connectivity index (χ0v) is 16.0. The van der Waals surface area contributed by atoms with Crippen molar-refractivity contribution in [2.45, 2.75) is 50.8 Å². The summed E-state index contributed by atoms with van der Waals surface area (Å²) in [5.74, 6) is 0.158. The Hall–Kier alpha value is -2.61. The maximum absolute atomic E-state index is 12.7. The molecule has 150 valence electrons. The van der Waals surface area contributed by atoms with E-state index in [4.69, 9.17) is 4.74 Å². The Morgan fingerprint density at radius 1 is 1.39 bits per heavy atom. The summed E-state index contributed by atoms with van der Waals surface area (Å²) >= 11 is 0. The summed E-state index contributed by atoms with van der Waals surface area (Å²) in [5.41, 5.74) is 1.05. The zero-order valence-electron chi connectivity index (χ0n) is 16.0. The lowest BCUT2D eigenvalue weighted by Crippen LogP contribution is -2.46. The molecule has 8 heteroatoms. The second-order valence-electron chi connectivity index (χ2n) is 8.34. The fraction of sp³-hybridized carbons (Fsp3) is 0.550. The van der Waals surface area contributed by atoms with Gasteiger partial charge in [-0.2, -0.15) is 0 Å². The number of aliphatic hydroxyl groups is 1. The van der Waals surface area contributed by atoms with Crippen LogP contribution >= 0.6 is 0 Å². The number of urea groups is 1. The number of nitrogens with zero attached hydrogens (tertiary/aromatic N) is 1. The van der Waals surface area contributed by atoms with Gasteiger partial charge in [0.25, 0.3) is 5.91 Å². The summed E-state index contributed by atoms with van der Waals surface area (Å²) in [5, 5.41) is 15.3. The van der Waals surface area contributed by atoms with Crippen LogP contribution in [-0.4, -0.2) is 52.6 Å². The summed E-state index contributed by atoms with van der Waals surface area (Å²) in [6.07, 6.45) is 1.69. The first-order valence-corrected chi connectivity index (χ1v) is 9.62. The smallest absolute Gasteiger partial charge is 0.325 e. The largest absolute Gasteiger partial charge is 0.493 e. The number of imide groups is 1. The van der Waals surface area contributed by atoms with Crippen LogP contribution in [0.25, 0.3) is 0 Å². The molecule has 0 bridgehead atoms. The van der Waals surface area contributed by atoms with Gasteiger partial charge in [-0.25, -0.2) is 4.79 Å². The van der Waals surface area contributed by atoms with Gasteiger partial charge in [-0.3, -0.25) is 14.5 Å². The van der Waals surface area contributed by atoms with E-state index < -0.39 is 23.4 Å². The number of ether oxygens (including phenoxy) is 1. The van der Waals surface area contributed by atoms with E-state index in [1.54, 1.807) is 13.8 Å². The summed E-state index contributed by atoms with van der Waals surface area (Å²) in [6, 6.07) is 5.03. The third-order valence-electron chi connectivity index (χ3n) is 5.76. The molecule has 3 aliphatic rings. The molecule has 4 rings (SSSR count). The molecule has 4 amide bonds. The highest BCUT2D eigenvalue weighted by atomic mass is 16.5. The van der Waals surface area contributed by atoms with Gasteiger partial charge in [0.05, 0.1) is 18.8 Å². The molecule has 28 heavy (non-hydrogen) atoms. The van der Waals surface area contributed by atoms with E-state index in [0.29, 0.717) is 19.4 Å². The molecule has 1 aromatic rings.